The summed E-state index contributed by atoms with van der Waals surface area (Å²) >= 11 is 3.52. The number of carbonyl (C=O) groups is 1. The van der Waals surface area contributed by atoms with Crippen molar-refractivity contribution in [1.82, 2.24) is 5.32 Å². The Labute approximate surface area is 117 Å². The van der Waals surface area contributed by atoms with Gasteiger partial charge in [-0.05, 0) is 54.7 Å². The lowest BCUT2D eigenvalue weighted by molar-refractivity contribution is -0.123. The van der Waals surface area contributed by atoms with Crippen molar-refractivity contribution in [1.29, 1.82) is 0 Å². The average Bonchev–Trinajstić information content (AvgIpc) is 2.85. The van der Waals surface area contributed by atoms with E-state index in [-0.39, 0.29) is 18.0 Å². The fourth-order valence-electron chi connectivity index (χ4n) is 2.29. The predicted octanol–water partition coefficient (Wildman–Crippen LogP) is 2.32. The SMILES string of the molecule is CSCC[C@H](N)C(=O)NC1CCCc2sccc21. The zero-order valence-corrected chi connectivity index (χ0v) is 12.3. The topological polar surface area (TPSA) is 55.1 Å². The molecule has 2 atom stereocenters. The Morgan fingerprint density at radius 2 is 2.56 bits per heavy atom. The maximum Gasteiger partial charge on any atom is 0.237 e. The molecule has 0 saturated carbocycles. The van der Waals surface area contributed by atoms with Gasteiger partial charge in [-0.1, -0.05) is 0 Å². The van der Waals surface area contributed by atoms with Crippen LogP contribution in [0.5, 0.6) is 0 Å². The van der Waals surface area contributed by atoms with Crippen LogP contribution in [0.1, 0.15) is 35.7 Å². The molecule has 1 aromatic rings. The molecule has 1 aliphatic rings. The molecule has 0 aliphatic heterocycles. The number of thiophene rings is 1. The zero-order valence-electron chi connectivity index (χ0n) is 10.6. The summed E-state index contributed by atoms with van der Waals surface area (Å²) < 4.78 is 0. The fourth-order valence-corrected chi connectivity index (χ4v) is 3.77. The number of rotatable bonds is 5. The monoisotopic (exact) mass is 284 g/mol. The first-order chi connectivity index (χ1) is 8.72. The van der Waals surface area contributed by atoms with Crippen molar-refractivity contribution in [2.45, 2.75) is 37.8 Å². The summed E-state index contributed by atoms with van der Waals surface area (Å²) in [6, 6.07) is 1.94. The molecule has 0 aromatic carbocycles. The lowest BCUT2D eigenvalue weighted by Crippen LogP contribution is -2.43. The number of nitrogens with two attached hydrogens (primary N) is 1. The highest BCUT2D eigenvalue weighted by Gasteiger charge is 2.24. The van der Waals surface area contributed by atoms with Crippen molar-refractivity contribution in [3.05, 3.63) is 21.9 Å². The van der Waals surface area contributed by atoms with E-state index in [0.29, 0.717) is 0 Å². The van der Waals surface area contributed by atoms with Gasteiger partial charge in [0.2, 0.25) is 5.91 Å². The second kappa shape index (κ2) is 6.59. The number of fused-ring (bicyclic) bond motifs is 1. The van der Waals surface area contributed by atoms with Crippen molar-refractivity contribution in [3.63, 3.8) is 0 Å². The van der Waals surface area contributed by atoms with E-state index in [0.717, 1.165) is 31.4 Å². The van der Waals surface area contributed by atoms with Gasteiger partial charge in [0, 0.05) is 4.88 Å². The van der Waals surface area contributed by atoms with Gasteiger partial charge in [-0.3, -0.25) is 4.79 Å². The van der Waals surface area contributed by atoms with Gasteiger partial charge in [-0.25, -0.2) is 0 Å². The molecule has 2 rings (SSSR count). The summed E-state index contributed by atoms with van der Waals surface area (Å²) in [6.45, 7) is 0. The van der Waals surface area contributed by atoms with Crippen LogP contribution in [0.4, 0.5) is 0 Å². The molecule has 0 radical (unpaired) electrons. The van der Waals surface area contributed by atoms with E-state index in [9.17, 15) is 4.79 Å². The minimum Gasteiger partial charge on any atom is -0.348 e. The minimum atomic E-state index is -0.374. The van der Waals surface area contributed by atoms with Gasteiger partial charge in [0.05, 0.1) is 12.1 Å². The summed E-state index contributed by atoms with van der Waals surface area (Å²) in [4.78, 5) is 13.4. The van der Waals surface area contributed by atoms with Crippen LogP contribution < -0.4 is 11.1 Å². The number of thioether (sulfide) groups is 1. The Morgan fingerprint density at radius 1 is 1.72 bits per heavy atom. The van der Waals surface area contributed by atoms with Crippen LogP contribution in [-0.2, 0) is 11.2 Å². The highest BCUT2D eigenvalue weighted by molar-refractivity contribution is 7.98. The molecule has 0 saturated heterocycles. The van der Waals surface area contributed by atoms with Crippen LogP contribution in [0.15, 0.2) is 11.4 Å². The molecule has 100 valence electrons. The number of nitrogens with one attached hydrogen (secondary N) is 1. The Morgan fingerprint density at radius 3 is 3.33 bits per heavy atom. The fraction of sp³-hybridized carbons (Fsp3) is 0.615. The normalized spacial score (nSPS) is 20.2. The van der Waals surface area contributed by atoms with Gasteiger partial charge in [0.25, 0.3) is 0 Å². The van der Waals surface area contributed by atoms with Crippen LogP contribution in [0.2, 0.25) is 0 Å². The van der Waals surface area contributed by atoms with E-state index in [1.54, 1.807) is 23.1 Å². The van der Waals surface area contributed by atoms with Crippen molar-refractivity contribution >= 4 is 29.0 Å². The van der Waals surface area contributed by atoms with Crippen LogP contribution >= 0.6 is 23.1 Å². The van der Waals surface area contributed by atoms with Gasteiger partial charge in [-0.15, -0.1) is 11.3 Å². The Hall–Kier alpha value is -0.520. The van der Waals surface area contributed by atoms with Gasteiger partial charge in [0.1, 0.15) is 0 Å². The Kier molecular flexibility index (Phi) is 5.09. The molecule has 18 heavy (non-hydrogen) atoms. The quantitative estimate of drug-likeness (QED) is 0.872. The molecule has 0 fully saturated rings. The molecular formula is C13H20N2OS2. The summed E-state index contributed by atoms with van der Waals surface area (Å²) in [5.74, 6) is 0.927. The molecule has 0 spiro atoms. The Balaban J connectivity index is 1.93. The smallest absolute Gasteiger partial charge is 0.237 e. The number of carbonyl (C=O) groups excluding carboxylic acids is 1. The molecule has 1 aliphatic carbocycles. The highest BCUT2D eigenvalue weighted by Crippen LogP contribution is 2.33. The number of hydrogen-bond donors (Lipinski definition) is 2. The number of aryl methyl sites for hydroxylation is 1. The van der Waals surface area contributed by atoms with Crippen molar-refractivity contribution < 1.29 is 4.79 Å². The summed E-state index contributed by atoms with van der Waals surface area (Å²) in [5.41, 5.74) is 7.20. The molecule has 0 bridgehead atoms. The number of amides is 1. The summed E-state index contributed by atoms with van der Waals surface area (Å²) in [5, 5.41) is 5.22. The predicted molar refractivity (Wildman–Crippen MR) is 79.1 cm³/mol. The summed E-state index contributed by atoms with van der Waals surface area (Å²) in [7, 11) is 0. The van der Waals surface area contributed by atoms with Crippen LogP contribution in [0, 0.1) is 0 Å². The lowest BCUT2D eigenvalue weighted by atomic mass is 9.94. The molecule has 1 amide bonds. The van der Waals surface area contributed by atoms with Crippen LogP contribution in [0.3, 0.4) is 0 Å². The van der Waals surface area contributed by atoms with Crippen molar-refractivity contribution in [3.8, 4) is 0 Å². The maximum absolute atomic E-state index is 12.0. The van der Waals surface area contributed by atoms with E-state index in [1.165, 1.54) is 10.4 Å². The molecule has 1 aromatic heterocycles. The second-order valence-corrected chi connectivity index (χ2v) is 6.63. The largest absolute Gasteiger partial charge is 0.348 e. The van der Waals surface area contributed by atoms with Gasteiger partial charge in [-0.2, -0.15) is 11.8 Å². The van der Waals surface area contributed by atoms with E-state index in [4.69, 9.17) is 5.73 Å². The third-order valence-corrected chi connectivity index (χ3v) is 4.98. The second-order valence-electron chi connectivity index (χ2n) is 4.64. The molecular weight excluding hydrogens is 264 g/mol. The standard InChI is InChI=1S/C13H20N2OS2/c1-17-7-6-10(14)13(16)15-11-3-2-4-12-9(11)5-8-18-12/h5,8,10-11H,2-4,6-7,14H2,1H3,(H,15,16)/t10-,11?/m0/s1. The van der Waals surface area contributed by atoms with E-state index in [2.05, 4.69) is 16.8 Å². The zero-order chi connectivity index (χ0) is 13.0. The maximum atomic E-state index is 12.0. The third kappa shape index (κ3) is 3.28. The first kappa shape index (κ1) is 13.9. The molecule has 1 unspecified atom stereocenters. The minimum absolute atomic E-state index is 0.00639. The average molecular weight is 284 g/mol. The first-order valence-electron chi connectivity index (χ1n) is 6.33. The molecule has 1 heterocycles. The van der Waals surface area contributed by atoms with Crippen molar-refractivity contribution in [2.24, 2.45) is 5.73 Å². The third-order valence-electron chi connectivity index (χ3n) is 3.34. The lowest BCUT2D eigenvalue weighted by Gasteiger charge is -2.25. The van der Waals surface area contributed by atoms with E-state index >= 15 is 0 Å². The highest BCUT2D eigenvalue weighted by atomic mass is 32.2. The van der Waals surface area contributed by atoms with E-state index in [1.807, 2.05) is 6.26 Å². The van der Waals surface area contributed by atoms with Gasteiger partial charge >= 0.3 is 0 Å². The van der Waals surface area contributed by atoms with Crippen molar-refractivity contribution in [2.75, 3.05) is 12.0 Å². The molecule has 5 heteroatoms. The van der Waals surface area contributed by atoms with Gasteiger partial charge in [0.15, 0.2) is 0 Å². The molecule has 3 N–H and O–H groups in total. The number of hydrogen-bond acceptors (Lipinski definition) is 4. The summed E-state index contributed by atoms with van der Waals surface area (Å²) in [6.07, 6.45) is 6.11. The van der Waals surface area contributed by atoms with E-state index < -0.39 is 0 Å². The first-order valence-corrected chi connectivity index (χ1v) is 8.61. The Bertz CT molecular complexity index is 405. The van der Waals surface area contributed by atoms with Crippen LogP contribution in [0.25, 0.3) is 0 Å². The van der Waals surface area contributed by atoms with Crippen LogP contribution in [-0.4, -0.2) is 24.0 Å². The molecule has 3 nitrogen and oxygen atoms in total. The van der Waals surface area contributed by atoms with Gasteiger partial charge < -0.3 is 11.1 Å².